The lowest BCUT2D eigenvalue weighted by molar-refractivity contribution is -0.137. The van der Waals surface area contributed by atoms with Crippen LogP contribution in [-0.2, 0) is 9.53 Å². The SMILES string of the molecule is COCCCN(C)C(=O)C(Oc1ccccc1)c1ccccc1. The van der Waals surface area contributed by atoms with Gasteiger partial charge in [0.15, 0.2) is 0 Å². The zero-order valence-electron chi connectivity index (χ0n) is 13.6. The van der Waals surface area contributed by atoms with Crippen LogP contribution in [0.2, 0.25) is 0 Å². The second-order valence-electron chi connectivity index (χ2n) is 5.33. The quantitative estimate of drug-likeness (QED) is 0.702. The van der Waals surface area contributed by atoms with Crippen molar-refractivity contribution in [3.8, 4) is 5.75 Å². The number of para-hydroxylation sites is 1. The van der Waals surface area contributed by atoms with Gasteiger partial charge in [0.25, 0.3) is 5.91 Å². The molecule has 0 bridgehead atoms. The smallest absolute Gasteiger partial charge is 0.268 e. The molecule has 1 atom stereocenters. The molecular formula is C19H23NO3. The molecule has 2 aromatic carbocycles. The van der Waals surface area contributed by atoms with Gasteiger partial charge < -0.3 is 14.4 Å². The van der Waals surface area contributed by atoms with Crippen molar-refractivity contribution in [1.29, 1.82) is 0 Å². The third kappa shape index (κ3) is 5.11. The van der Waals surface area contributed by atoms with E-state index in [0.29, 0.717) is 18.9 Å². The molecule has 0 heterocycles. The first-order valence-corrected chi connectivity index (χ1v) is 7.73. The Morgan fingerprint density at radius 1 is 1.04 bits per heavy atom. The predicted octanol–water partition coefficient (Wildman–Crippen LogP) is 3.30. The van der Waals surface area contributed by atoms with E-state index in [2.05, 4.69) is 0 Å². The van der Waals surface area contributed by atoms with Crippen molar-refractivity contribution in [2.24, 2.45) is 0 Å². The number of nitrogens with zero attached hydrogens (tertiary/aromatic N) is 1. The molecule has 0 radical (unpaired) electrons. The lowest BCUT2D eigenvalue weighted by atomic mass is 10.1. The second kappa shape index (κ2) is 8.96. The molecule has 0 aliphatic rings. The van der Waals surface area contributed by atoms with Crippen LogP contribution in [-0.4, -0.2) is 38.1 Å². The van der Waals surface area contributed by atoms with Gasteiger partial charge in [-0.05, 0) is 18.6 Å². The highest BCUT2D eigenvalue weighted by Gasteiger charge is 2.25. The van der Waals surface area contributed by atoms with Gasteiger partial charge in [-0.25, -0.2) is 0 Å². The highest BCUT2D eigenvalue weighted by Crippen LogP contribution is 2.23. The van der Waals surface area contributed by atoms with Gasteiger partial charge in [-0.15, -0.1) is 0 Å². The summed E-state index contributed by atoms with van der Waals surface area (Å²) in [5.74, 6) is 0.621. The molecule has 0 saturated heterocycles. The molecule has 0 aliphatic heterocycles. The minimum atomic E-state index is -0.647. The number of hydrogen-bond donors (Lipinski definition) is 0. The van der Waals surface area contributed by atoms with E-state index < -0.39 is 6.10 Å². The van der Waals surface area contributed by atoms with E-state index in [0.717, 1.165) is 12.0 Å². The highest BCUT2D eigenvalue weighted by molar-refractivity contribution is 5.82. The van der Waals surface area contributed by atoms with Crippen molar-refractivity contribution in [3.05, 3.63) is 66.2 Å². The Labute approximate surface area is 137 Å². The van der Waals surface area contributed by atoms with Crippen LogP contribution in [0, 0.1) is 0 Å². The van der Waals surface area contributed by atoms with E-state index in [4.69, 9.17) is 9.47 Å². The van der Waals surface area contributed by atoms with Crippen molar-refractivity contribution in [3.63, 3.8) is 0 Å². The number of carbonyl (C=O) groups excluding carboxylic acids is 1. The van der Waals surface area contributed by atoms with E-state index in [1.807, 2.05) is 60.7 Å². The molecule has 1 amide bonds. The minimum Gasteiger partial charge on any atom is -0.476 e. The summed E-state index contributed by atoms with van der Waals surface area (Å²) in [6, 6.07) is 19.0. The summed E-state index contributed by atoms with van der Waals surface area (Å²) < 4.78 is 11.0. The third-order valence-electron chi connectivity index (χ3n) is 3.54. The van der Waals surface area contributed by atoms with E-state index in [-0.39, 0.29) is 5.91 Å². The summed E-state index contributed by atoms with van der Waals surface area (Å²) in [5.41, 5.74) is 0.847. The van der Waals surface area contributed by atoms with Gasteiger partial charge >= 0.3 is 0 Å². The maximum atomic E-state index is 12.8. The molecule has 0 fully saturated rings. The molecule has 4 heteroatoms. The fourth-order valence-corrected chi connectivity index (χ4v) is 2.28. The van der Waals surface area contributed by atoms with E-state index >= 15 is 0 Å². The Bertz CT molecular complexity index is 586. The number of carbonyl (C=O) groups is 1. The standard InChI is InChI=1S/C19H23NO3/c1-20(14-9-15-22-2)19(21)18(16-10-5-3-6-11-16)23-17-12-7-4-8-13-17/h3-8,10-13,18H,9,14-15H2,1-2H3. The molecule has 0 aliphatic carbocycles. The van der Waals surface area contributed by atoms with E-state index in [1.54, 1.807) is 19.1 Å². The van der Waals surface area contributed by atoms with Gasteiger partial charge in [0.2, 0.25) is 6.10 Å². The summed E-state index contributed by atoms with van der Waals surface area (Å²) in [6.07, 6.45) is 0.150. The monoisotopic (exact) mass is 313 g/mol. The van der Waals surface area contributed by atoms with Crippen LogP contribution in [0.3, 0.4) is 0 Å². The average molecular weight is 313 g/mol. The fraction of sp³-hybridized carbons (Fsp3) is 0.316. The van der Waals surface area contributed by atoms with Crippen LogP contribution in [0.1, 0.15) is 18.1 Å². The van der Waals surface area contributed by atoms with Crippen LogP contribution in [0.4, 0.5) is 0 Å². The van der Waals surface area contributed by atoms with Crippen LogP contribution in [0.25, 0.3) is 0 Å². The fourth-order valence-electron chi connectivity index (χ4n) is 2.28. The van der Waals surface area contributed by atoms with Gasteiger partial charge in [0, 0.05) is 32.9 Å². The Hall–Kier alpha value is -2.33. The number of methoxy groups -OCH3 is 1. The van der Waals surface area contributed by atoms with Crippen LogP contribution >= 0.6 is 0 Å². The van der Waals surface area contributed by atoms with Gasteiger partial charge in [-0.3, -0.25) is 4.79 Å². The first kappa shape index (κ1) is 17.0. The van der Waals surface area contributed by atoms with Crippen molar-refractivity contribution in [2.45, 2.75) is 12.5 Å². The average Bonchev–Trinajstić information content (AvgIpc) is 2.61. The normalized spacial score (nSPS) is 11.7. The Morgan fingerprint density at radius 2 is 1.65 bits per heavy atom. The third-order valence-corrected chi connectivity index (χ3v) is 3.54. The van der Waals surface area contributed by atoms with Gasteiger partial charge in [-0.2, -0.15) is 0 Å². The van der Waals surface area contributed by atoms with E-state index in [9.17, 15) is 4.79 Å². The van der Waals surface area contributed by atoms with Crippen LogP contribution in [0.5, 0.6) is 5.75 Å². The molecule has 0 aromatic heterocycles. The highest BCUT2D eigenvalue weighted by atomic mass is 16.5. The van der Waals surface area contributed by atoms with Crippen molar-refractivity contribution in [1.82, 2.24) is 4.90 Å². The minimum absolute atomic E-state index is 0.0591. The summed E-state index contributed by atoms with van der Waals surface area (Å²) in [5, 5.41) is 0. The molecule has 2 rings (SSSR count). The number of likely N-dealkylation sites (N-methyl/N-ethyl adjacent to an activating group) is 1. The van der Waals surface area contributed by atoms with Crippen LogP contribution < -0.4 is 4.74 Å². The summed E-state index contributed by atoms with van der Waals surface area (Å²) >= 11 is 0. The first-order chi connectivity index (χ1) is 11.2. The summed E-state index contributed by atoms with van der Waals surface area (Å²) in [7, 11) is 3.45. The lowest BCUT2D eigenvalue weighted by Crippen LogP contribution is -2.35. The number of benzene rings is 2. The zero-order chi connectivity index (χ0) is 16.5. The zero-order valence-corrected chi connectivity index (χ0v) is 13.6. The summed E-state index contributed by atoms with van der Waals surface area (Å²) in [4.78, 5) is 14.5. The number of ether oxygens (including phenoxy) is 2. The molecule has 0 spiro atoms. The lowest BCUT2D eigenvalue weighted by Gasteiger charge is -2.25. The molecule has 23 heavy (non-hydrogen) atoms. The first-order valence-electron chi connectivity index (χ1n) is 7.73. The predicted molar refractivity (Wildman–Crippen MR) is 90.4 cm³/mol. The second-order valence-corrected chi connectivity index (χ2v) is 5.33. The molecule has 4 nitrogen and oxygen atoms in total. The molecular weight excluding hydrogens is 290 g/mol. The molecule has 0 N–H and O–H groups in total. The Balaban J connectivity index is 2.14. The number of amides is 1. The van der Waals surface area contributed by atoms with Crippen molar-refractivity contribution >= 4 is 5.91 Å². The maximum absolute atomic E-state index is 12.8. The van der Waals surface area contributed by atoms with Crippen LogP contribution in [0.15, 0.2) is 60.7 Å². The molecule has 122 valence electrons. The van der Waals surface area contributed by atoms with Crippen molar-refractivity contribution < 1.29 is 14.3 Å². The maximum Gasteiger partial charge on any atom is 0.268 e. The van der Waals surface area contributed by atoms with Crippen molar-refractivity contribution in [2.75, 3.05) is 27.3 Å². The Morgan fingerprint density at radius 3 is 2.26 bits per heavy atom. The topological polar surface area (TPSA) is 38.8 Å². The largest absolute Gasteiger partial charge is 0.476 e. The summed E-state index contributed by atoms with van der Waals surface area (Å²) in [6.45, 7) is 1.27. The number of hydrogen-bond acceptors (Lipinski definition) is 3. The van der Waals surface area contributed by atoms with Gasteiger partial charge in [0.05, 0.1) is 0 Å². The van der Waals surface area contributed by atoms with E-state index in [1.165, 1.54) is 0 Å². The Kier molecular flexibility index (Phi) is 6.63. The molecule has 1 unspecified atom stereocenters. The van der Waals surface area contributed by atoms with Gasteiger partial charge in [-0.1, -0.05) is 48.5 Å². The molecule has 2 aromatic rings. The number of rotatable bonds is 8. The molecule has 0 saturated carbocycles. The van der Waals surface area contributed by atoms with Gasteiger partial charge in [0.1, 0.15) is 5.75 Å².